The van der Waals surface area contributed by atoms with Crippen LogP contribution in [0.2, 0.25) is 0 Å². The second-order valence-corrected chi connectivity index (χ2v) is 5.41. The Labute approximate surface area is 79.8 Å². The highest BCUT2D eigenvalue weighted by Gasteiger charge is 2.08. The molecule has 0 aromatic heterocycles. The van der Waals surface area contributed by atoms with E-state index >= 15 is 0 Å². The Hall–Kier alpha value is -0.130. The number of rotatable bonds is 7. The lowest BCUT2D eigenvalue weighted by molar-refractivity contribution is 0.0357. The SMILES string of the molecule is CCCOCC(O)CCS(C)(=O)=O. The average Bonchev–Trinajstić information content (AvgIpc) is 2.00. The summed E-state index contributed by atoms with van der Waals surface area (Å²) in [6.07, 6.45) is 1.65. The van der Waals surface area contributed by atoms with Crippen molar-refractivity contribution in [1.29, 1.82) is 0 Å². The summed E-state index contributed by atoms with van der Waals surface area (Å²) in [7, 11) is -2.97. The third-order valence-corrected chi connectivity index (χ3v) is 2.46. The van der Waals surface area contributed by atoms with E-state index < -0.39 is 15.9 Å². The van der Waals surface area contributed by atoms with Gasteiger partial charge in [-0.1, -0.05) is 6.92 Å². The van der Waals surface area contributed by atoms with Crippen molar-refractivity contribution in [3.05, 3.63) is 0 Å². The molecule has 80 valence electrons. The molecule has 0 aromatic rings. The van der Waals surface area contributed by atoms with Crippen LogP contribution in [0, 0.1) is 0 Å². The first kappa shape index (κ1) is 12.9. The van der Waals surface area contributed by atoms with Gasteiger partial charge in [0.1, 0.15) is 9.84 Å². The lowest BCUT2D eigenvalue weighted by atomic mass is 10.3. The lowest BCUT2D eigenvalue weighted by Gasteiger charge is -2.09. The van der Waals surface area contributed by atoms with Gasteiger partial charge in [-0.2, -0.15) is 0 Å². The minimum Gasteiger partial charge on any atom is -0.391 e. The van der Waals surface area contributed by atoms with Crippen LogP contribution in [0.25, 0.3) is 0 Å². The molecule has 0 aliphatic rings. The highest BCUT2D eigenvalue weighted by molar-refractivity contribution is 7.90. The Balaban J connectivity index is 3.46. The molecule has 0 heterocycles. The maximum Gasteiger partial charge on any atom is 0.147 e. The van der Waals surface area contributed by atoms with E-state index in [4.69, 9.17) is 4.74 Å². The first-order valence-corrected chi connectivity index (χ1v) is 6.45. The summed E-state index contributed by atoms with van der Waals surface area (Å²) in [6, 6.07) is 0. The highest BCUT2D eigenvalue weighted by Crippen LogP contribution is 1.97. The fraction of sp³-hybridized carbons (Fsp3) is 1.00. The van der Waals surface area contributed by atoms with E-state index in [1.165, 1.54) is 0 Å². The fourth-order valence-electron chi connectivity index (χ4n) is 0.797. The van der Waals surface area contributed by atoms with Crippen LogP contribution in [0.1, 0.15) is 19.8 Å². The molecular formula is C8H18O4S. The Morgan fingerprint density at radius 2 is 2.08 bits per heavy atom. The van der Waals surface area contributed by atoms with Gasteiger partial charge in [0.05, 0.1) is 18.5 Å². The van der Waals surface area contributed by atoms with Crippen molar-refractivity contribution in [3.63, 3.8) is 0 Å². The molecule has 0 aromatic carbocycles. The molecule has 0 saturated carbocycles. The summed E-state index contributed by atoms with van der Waals surface area (Å²) < 4.78 is 26.5. The van der Waals surface area contributed by atoms with Crippen LogP contribution >= 0.6 is 0 Å². The number of aliphatic hydroxyl groups excluding tert-OH is 1. The quantitative estimate of drug-likeness (QED) is 0.610. The van der Waals surface area contributed by atoms with E-state index in [0.717, 1.165) is 12.7 Å². The molecule has 0 amide bonds. The summed E-state index contributed by atoms with van der Waals surface area (Å²) in [6.45, 7) is 2.81. The van der Waals surface area contributed by atoms with Crippen molar-refractivity contribution in [2.45, 2.75) is 25.9 Å². The fourth-order valence-corrected chi connectivity index (χ4v) is 1.50. The molecule has 0 radical (unpaired) electrons. The molecule has 1 unspecified atom stereocenters. The van der Waals surface area contributed by atoms with Crippen LogP contribution in [-0.2, 0) is 14.6 Å². The maximum atomic E-state index is 10.7. The Morgan fingerprint density at radius 1 is 1.46 bits per heavy atom. The van der Waals surface area contributed by atoms with E-state index in [2.05, 4.69) is 0 Å². The van der Waals surface area contributed by atoms with E-state index in [1.807, 2.05) is 6.92 Å². The van der Waals surface area contributed by atoms with E-state index in [1.54, 1.807) is 0 Å². The summed E-state index contributed by atoms with van der Waals surface area (Å²) in [5, 5.41) is 9.25. The van der Waals surface area contributed by atoms with Crippen molar-refractivity contribution >= 4 is 9.84 Å². The molecule has 1 N–H and O–H groups in total. The predicted molar refractivity (Wildman–Crippen MR) is 51.4 cm³/mol. The second kappa shape index (κ2) is 6.34. The van der Waals surface area contributed by atoms with Crippen LogP contribution < -0.4 is 0 Å². The predicted octanol–water partition coefficient (Wildman–Crippen LogP) is 0.209. The minimum atomic E-state index is -2.97. The Bertz CT molecular complexity index is 210. The Morgan fingerprint density at radius 3 is 2.54 bits per heavy atom. The number of sulfone groups is 1. The summed E-state index contributed by atoms with van der Waals surface area (Å²) >= 11 is 0. The van der Waals surface area contributed by atoms with E-state index in [-0.39, 0.29) is 18.8 Å². The van der Waals surface area contributed by atoms with Gasteiger partial charge in [-0.05, 0) is 12.8 Å². The lowest BCUT2D eigenvalue weighted by Crippen LogP contribution is -2.19. The summed E-state index contributed by atoms with van der Waals surface area (Å²) in [4.78, 5) is 0. The zero-order valence-electron chi connectivity index (χ0n) is 8.19. The molecule has 4 nitrogen and oxygen atoms in total. The molecule has 0 fully saturated rings. The van der Waals surface area contributed by atoms with Gasteiger partial charge in [-0.25, -0.2) is 8.42 Å². The van der Waals surface area contributed by atoms with E-state index in [0.29, 0.717) is 6.61 Å². The zero-order valence-corrected chi connectivity index (χ0v) is 9.01. The van der Waals surface area contributed by atoms with Crippen LogP contribution in [0.4, 0.5) is 0 Å². The summed E-state index contributed by atoms with van der Waals surface area (Å²) in [5.74, 6) is 0.0175. The van der Waals surface area contributed by atoms with Gasteiger partial charge in [-0.15, -0.1) is 0 Å². The van der Waals surface area contributed by atoms with Gasteiger partial charge in [0.2, 0.25) is 0 Å². The summed E-state index contributed by atoms with van der Waals surface area (Å²) in [5.41, 5.74) is 0. The monoisotopic (exact) mass is 210 g/mol. The molecular weight excluding hydrogens is 192 g/mol. The maximum absolute atomic E-state index is 10.7. The van der Waals surface area contributed by atoms with Crippen molar-refractivity contribution in [2.75, 3.05) is 25.2 Å². The smallest absolute Gasteiger partial charge is 0.147 e. The molecule has 0 rings (SSSR count). The molecule has 0 spiro atoms. The van der Waals surface area contributed by atoms with Crippen molar-refractivity contribution in [3.8, 4) is 0 Å². The third kappa shape index (κ3) is 9.79. The average molecular weight is 210 g/mol. The van der Waals surface area contributed by atoms with Crippen LogP contribution in [-0.4, -0.2) is 44.9 Å². The largest absolute Gasteiger partial charge is 0.391 e. The van der Waals surface area contributed by atoms with Gasteiger partial charge in [0, 0.05) is 12.9 Å². The van der Waals surface area contributed by atoms with Gasteiger partial charge < -0.3 is 9.84 Å². The first-order chi connectivity index (χ1) is 5.95. The van der Waals surface area contributed by atoms with Gasteiger partial charge in [0.15, 0.2) is 0 Å². The number of hydrogen-bond donors (Lipinski definition) is 1. The molecule has 13 heavy (non-hydrogen) atoms. The van der Waals surface area contributed by atoms with Gasteiger partial charge in [0.25, 0.3) is 0 Å². The molecule has 0 saturated heterocycles. The molecule has 5 heteroatoms. The topological polar surface area (TPSA) is 63.6 Å². The van der Waals surface area contributed by atoms with E-state index in [9.17, 15) is 13.5 Å². The van der Waals surface area contributed by atoms with Crippen LogP contribution in [0.3, 0.4) is 0 Å². The van der Waals surface area contributed by atoms with Crippen LogP contribution in [0.15, 0.2) is 0 Å². The third-order valence-electron chi connectivity index (χ3n) is 1.48. The van der Waals surface area contributed by atoms with Crippen LogP contribution in [0.5, 0.6) is 0 Å². The van der Waals surface area contributed by atoms with Gasteiger partial charge in [-0.3, -0.25) is 0 Å². The number of aliphatic hydroxyl groups is 1. The van der Waals surface area contributed by atoms with Crippen molar-refractivity contribution in [1.82, 2.24) is 0 Å². The molecule has 0 aliphatic heterocycles. The number of ether oxygens (including phenoxy) is 1. The standard InChI is InChI=1S/C8H18O4S/c1-3-5-12-7-8(9)4-6-13(2,10)11/h8-9H,3-7H2,1-2H3. The zero-order chi connectivity index (χ0) is 10.3. The number of hydrogen-bond acceptors (Lipinski definition) is 4. The molecule has 1 atom stereocenters. The van der Waals surface area contributed by atoms with Gasteiger partial charge >= 0.3 is 0 Å². The Kier molecular flexibility index (Phi) is 6.28. The normalized spacial score (nSPS) is 14.4. The van der Waals surface area contributed by atoms with Crippen molar-refractivity contribution < 1.29 is 18.3 Å². The second-order valence-electron chi connectivity index (χ2n) is 3.15. The molecule has 0 bridgehead atoms. The van der Waals surface area contributed by atoms with Crippen molar-refractivity contribution in [2.24, 2.45) is 0 Å². The minimum absolute atomic E-state index is 0.0175. The first-order valence-electron chi connectivity index (χ1n) is 4.39. The highest BCUT2D eigenvalue weighted by atomic mass is 32.2. The molecule has 0 aliphatic carbocycles.